The Balaban J connectivity index is 1.67. The number of urea groups is 1. The van der Waals surface area contributed by atoms with Gasteiger partial charge in [0.15, 0.2) is 0 Å². The molecule has 22 heavy (non-hydrogen) atoms. The molecule has 3 rings (SSSR count). The van der Waals surface area contributed by atoms with Gasteiger partial charge in [-0.05, 0) is 49.1 Å². The number of benzene rings is 2. The zero-order valence-corrected chi connectivity index (χ0v) is 12.6. The Bertz CT molecular complexity index is 634. The second-order valence-corrected chi connectivity index (χ2v) is 5.61. The molecule has 114 valence electrons. The van der Waals surface area contributed by atoms with Crippen LogP contribution in [0.25, 0.3) is 0 Å². The lowest BCUT2D eigenvalue weighted by Crippen LogP contribution is -2.52. The van der Waals surface area contributed by atoms with E-state index in [4.69, 9.17) is 4.74 Å². The second kappa shape index (κ2) is 6.10. The van der Waals surface area contributed by atoms with E-state index in [1.165, 1.54) is 5.56 Å². The third kappa shape index (κ3) is 2.91. The minimum atomic E-state index is -0.224. The molecule has 0 saturated heterocycles. The molecule has 0 aliphatic heterocycles. The van der Waals surface area contributed by atoms with Gasteiger partial charge in [0.1, 0.15) is 5.75 Å². The van der Waals surface area contributed by atoms with Crippen LogP contribution in [0.15, 0.2) is 54.6 Å². The monoisotopic (exact) mass is 296 g/mol. The van der Waals surface area contributed by atoms with E-state index in [-0.39, 0.29) is 11.6 Å². The van der Waals surface area contributed by atoms with Crippen LogP contribution >= 0.6 is 0 Å². The maximum atomic E-state index is 12.3. The first-order valence-corrected chi connectivity index (χ1v) is 7.51. The first-order valence-electron chi connectivity index (χ1n) is 7.51. The summed E-state index contributed by atoms with van der Waals surface area (Å²) in [5, 5.41) is 6.02. The Morgan fingerprint density at radius 1 is 1.05 bits per heavy atom. The normalized spacial score (nSPS) is 15.5. The number of hydrogen-bond acceptors (Lipinski definition) is 2. The highest BCUT2D eigenvalue weighted by atomic mass is 16.5. The maximum absolute atomic E-state index is 12.3. The van der Waals surface area contributed by atoms with Crippen molar-refractivity contribution in [3.8, 4) is 5.75 Å². The number of amides is 2. The third-order valence-electron chi connectivity index (χ3n) is 4.23. The highest BCUT2D eigenvalue weighted by Gasteiger charge is 2.39. The highest BCUT2D eigenvalue weighted by molar-refractivity contribution is 5.90. The van der Waals surface area contributed by atoms with Crippen molar-refractivity contribution < 1.29 is 9.53 Å². The van der Waals surface area contributed by atoms with Gasteiger partial charge in [0.2, 0.25) is 0 Å². The Hall–Kier alpha value is -2.49. The van der Waals surface area contributed by atoms with Gasteiger partial charge in [-0.15, -0.1) is 0 Å². The second-order valence-electron chi connectivity index (χ2n) is 5.61. The zero-order chi connectivity index (χ0) is 15.4. The van der Waals surface area contributed by atoms with Gasteiger partial charge >= 0.3 is 6.03 Å². The smallest absolute Gasteiger partial charge is 0.319 e. The summed E-state index contributed by atoms with van der Waals surface area (Å²) in [4.78, 5) is 12.3. The van der Waals surface area contributed by atoms with Crippen LogP contribution < -0.4 is 15.4 Å². The molecule has 1 saturated carbocycles. The quantitative estimate of drug-likeness (QED) is 0.899. The van der Waals surface area contributed by atoms with E-state index in [1.54, 1.807) is 7.11 Å². The molecule has 0 bridgehead atoms. The van der Waals surface area contributed by atoms with E-state index in [2.05, 4.69) is 22.8 Å². The summed E-state index contributed by atoms with van der Waals surface area (Å²) in [6, 6.07) is 17.3. The van der Waals surface area contributed by atoms with E-state index in [9.17, 15) is 4.79 Å². The molecule has 1 aliphatic carbocycles. The van der Waals surface area contributed by atoms with Crippen molar-refractivity contribution >= 4 is 11.7 Å². The predicted octanol–water partition coefficient (Wildman–Crippen LogP) is 3.90. The minimum absolute atomic E-state index is 0.172. The number of rotatable bonds is 4. The molecule has 2 aromatic carbocycles. The summed E-state index contributed by atoms with van der Waals surface area (Å²) in [7, 11) is 1.62. The van der Waals surface area contributed by atoms with Gasteiger partial charge in [-0.3, -0.25) is 0 Å². The van der Waals surface area contributed by atoms with E-state index < -0.39 is 0 Å². The van der Waals surface area contributed by atoms with Crippen molar-refractivity contribution in [2.75, 3.05) is 12.4 Å². The molecule has 1 fully saturated rings. The number of nitrogens with one attached hydrogen (secondary N) is 2. The van der Waals surface area contributed by atoms with Gasteiger partial charge in [0.25, 0.3) is 0 Å². The number of carbonyl (C=O) groups is 1. The molecule has 0 heterocycles. The number of carbonyl (C=O) groups excluding carboxylic acids is 1. The van der Waals surface area contributed by atoms with Gasteiger partial charge in [0.05, 0.1) is 12.6 Å². The zero-order valence-electron chi connectivity index (χ0n) is 12.6. The van der Waals surface area contributed by atoms with Gasteiger partial charge in [-0.1, -0.05) is 30.3 Å². The first kappa shape index (κ1) is 14.4. The minimum Gasteiger partial charge on any atom is -0.497 e. The summed E-state index contributed by atoms with van der Waals surface area (Å²) in [6.07, 6.45) is 3.10. The summed E-state index contributed by atoms with van der Waals surface area (Å²) >= 11 is 0. The average Bonchev–Trinajstić information content (AvgIpc) is 2.52. The standard InChI is InChI=1S/C18H20N2O2/c1-22-16-10-8-15(9-11-16)19-17(21)20-18(12-5-13-18)14-6-3-2-4-7-14/h2-4,6-11H,5,12-13H2,1H3,(H2,19,20,21). The van der Waals surface area contributed by atoms with Crippen molar-refractivity contribution in [1.82, 2.24) is 5.32 Å². The fraction of sp³-hybridized carbons (Fsp3) is 0.278. The van der Waals surface area contributed by atoms with Gasteiger partial charge < -0.3 is 15.4 Å². The SMILES string of the molecule is COc1ccc(NC(=O)NC2(c3ccccc3)CCC2)cc1. The van der Waals surface area contributed by atoms with Crippen LogP contribution in [0.4, 0.5) is 10.5 Å². The largest absolute Gasteiger partial charge is 0.497 e. The van der Waals surface area contributed by atoms with Crippen LogP contribution in [-0.4, -0.2) is 13.1 Å². The molecule has 0 radical (unpaired) electrons. The van der Waals surface area contributed by atoms with E-state index in [0.717, 1.165) is 30.7 Å². The maximum Gasteiger partial charge on any atom is 0.319 e. The number of ether oxygens (including phenoxy) is 1. The molecule has 2 N–H and O–H groups in total. The number of methoxy groups -OCH3 is 1. The van der Waals surface area contributed by atoms with Crippen LogP contribution in [0.1, 0.15) is 24.8 Å². The van der Waals surface area contributed by atoms with Gasteiger partial charge in [-0.2, -0.15) is 0 Å². The molecule has 0 aromatic heterocycles. The van der Waals surface area contributed by atoms with E-state index in [0.29, 0.717) is 0 Å². The third-order valence-corrected chi connectivity index (χ3v) is 4.23. The summed E-state index contributed by atoms with van der Waals surface area (Å²) in [5.74, 6) is 0.769. The van der Waals surface area contributed by atoms with E-state index >= 15 is 0 Å². The summed E-state index contributed by atoms with van der Waals surface area (Å²) < 4.78 is 5.11. The fourth-order valence-electron chi connectivity index (χ4n) is 2.83. The van der Waals surface area contributed by atoms with Crippen molar-refractivity contribution in [1.29, 1.82) is 0 Å². The van der Waals surface area contributed by atoms with Crippen molar-refractivity contribution in [3.63, 3.8) is 0 Å². The molecule has 2 amide bonds. The molecule has 1 aliphatic rings. The van der Waals surface area contributed by atoms with Crippen LogP contribution in [0.2, 0.25) is 0 Å². The van der Waals surface area contributed by atoms with Gasteiger partial charge in [-0.25, -0.2) is 4.79 Å². The molecule has 4 heteroatoms. The summed E-state index contributed by atoms with van der Waals surface area (Å²) in [5.41, 5.74) is 1.70. The van der Waals surface area contributed by atoms with Crippen LogP contribution in [0.5, 0.6) is 5.75 Å². The van der Waals surface area contributed by atoms with Crippen LogP contribution in [-0.2, 0) is 5.54 Å². The summed E-state index contributed by atoms with van der Waals surface area (Å²) in [6.45, 7) is 0. The average molecular weight is 296 g/mol. The Morgan fingerprint density at radius 2 is 1.73 bits per heavy atom. The molecular formula is C18H20N2O2. The van der Waals surface area contributed by atoms with Gasteiger partial charge in [0, 0.05) is 5.69 Å². The van der Waals surface area contributed by atoms with Crippen LogP contribution in [0.3, 0.4) is 0 Å². The van der Waals surface area contributed by atoms with Crippen LogP contribution in [0, 0.1) is 0 Å². The van der Waals surface area contributed by atoms with Crippen molar-refractivity contribution in [2.24, 2.45) is 0 Å². The van der Waals surface area contributed by atoms with Crippen molar-refractivity contribution in [3.05, 3.63) is 60.2 Å². The number of anilines is 1. The molecule has 0 atom stereocenters. The Labute approximate surface area is 130 Å². The lowest BCUT2D eigenvalue weighted by molar-refractivity contribution is 0.185. The highest BCUT2D eigenvalue weighted by Crippen LogP contribution is 2.41. The molecular weight excluding hydrogens is 276 g/mol. The molecule has 2 aromatic rings. The fourth-order valence-corrected chi connectivity index (χ4v) is 2.83. The Kier molecular flexibility index (Phi) is 4.00. The van der Waals surface area contributed by atoms with Crippen molar-refractivity contribution in [2.45, 2.75) is 24.8 Å². The molecule has 0 unspecified atom stereocenters. The molecule has 4 nitrogen and oxygen atoms in total. The predicted molar refractivity (Wildman–Crippen MR) is 87.1 cm³/mol. The van der Waals surface area contributed by atoms with E-state index in [1.807, 2.05) is 42.5 Å². The topological polar surface area (TPSA) is 50.4 Å². The number of hydrogen-bond donors (Lipinski definition) is 2. The Morgan fingerprint density at radius 3 is 2.27 bits per heavy atom. The lowest BCUT2D eigenvalue weighted by atomic mass is 9.72. The first-order chi connectivity index (χ1) is 10.7. The molecule has 0 spiro atoms. The lowest BCUT2D eigenvalue weighted by Gasteiger charge is -2.43.